The van der Waals surface area contributed by atoms with Gasteiger partial charge in [0, 0.05) is 18.4 Å². The molecule has 4 nitrogen and oxygen atoms in total. The van der Waals surface area contributed by atoms with Crippen molar-refractivity contribution in [3.63, 3.8) is 0 Å². The minimum atomic E-state index is 0.0469. The lowest BCUT2D eigenvalue weighted by Gasteiger charge is -2.19. The molecule has 0 spiro atoms. The van der Waals surface area contributed by atoms with Crippen molar-refractivity contribution in [2.24, 2.45) is 0 Å². The van der Waals surface area contributed by atoms with Gasteiger partial charge < -0.3 is 15.5 Å². The minimum Gasteiger partial charge on any atom is -0.399 e. The molecule has 1 amide bonds. The van der Waals surface area contributed by atoms with Crippen LogP contribution in [0.25, 0.3) is 0 Å². The van der Waals surface area contributed by atoms with Crippen LogP contribution in [-0.4, -0.2) is 38.5 Å². The lowest BCUT2D eigenvalue weighted by Crippen LogP contribution is -2.34. The predicted molar refractivity (Wildman–Crippen MR) is 62.8 cm³/mol. The van der Waals surface area contributed by atoms with E-state index in [9.17, 15) is 4.79 Å². The summed E-state index contributed by atoms with van der Waals surface area (Å²) in [5.41, 5.74) is 7.13. The number of amides is 1. The zero-order valence-electron chi connectivity index (χ0n) is 9.40. The van der Waals surface area contributed by atoms with E-state index in [1.165, 1.54) is 0 Å². The Morgan fingerprint density at radius 1 is 1.33 bits per heavy atom. The molecular weight excluding hydrogens is 190 g/mol. The van der Waals surface area contributed by atoms with Gasteiger partial charge in [-0.1, -0.05) is 6.07 Å². The van der Waals surface area contributed by atoms with Crippen LogP contribution in [0.4, 0.5) is 11.4 Å². The summed E-state index contributed by atoms with van der Waals surface area (Å²) in [6.07, 6.45) is 0. The molecule has 0 aliphatic rings. The second-order valence-corrected chi connectivity index (χ2v) is 3.79. The van der Waals surface area contributed by atoms with Gasteiger partial charge in [0.1, 0.15) is 0 Å². The molecule has 0 aromatic heterocycles. The van der Waals surface area contributed by atoms with E-state index in [-0.39, 0.29) is 5.91 Å². The largest absolute Gasteiger partial charge is 0.399 e. The number of rotatable bonds is 3. The molecule has 1 aromatic rings. The van der Waals surface area contributed by atoms with Crippen LogP contribution < -0.4 is 10.6 Å². The third-order valence-electron chi connectivity index (χ3n) is 2.08. The molecule has 0 aliphatic heterocycles. The Morgan fingerprint density at radius 2 is 2.00 bits per heavy atom. The first-order valence-electron chi connectivity index (χ1n) is 4.77. The summed E-state index contributed by atoms with van der Waals surface area (Å²) in [6.45, 7) is 0.394. The fourth-order valence-electron chi connectivity index (χ4n) is 1.25. The summed E-state index contributed by atoms with van der Waals surface area (Å²) < 4.78 is 0. The molecule has 0 fully saturated rings. The molecule has 0 bridgehead atoms. The molecule has 4 heteroatoms. The molecule has 0 radical (unpaired) electrons. The highest BCUT2D eigenvalue weighted by molar-refractivity contribution is 5.94. The van der Waals surface area contributed by atoms with Crippen molar-refractivity contribution in [3.05, 3.63) is 24.3 Å². The molecule has 0 saturated carbocycles. The number of carbonyl (C=O) groups excluding carboxylic acids is 1. The van der Waals surface area contributed by atoms with Crippen LogP contribution in [-0.2, 0) is 4.79 Å². The zero-order valence-corrected chi connectivity index (χ0v) is 9.40. The second kappa shape index (κ2) is 4.79. The number of hydrogen-bond donors (Lipinski definition) is 1. The van der Waals surface area contributed by atoms with Crippen molar-refractivity contribution in [2.45, 2.75) is 0 Å². The SMILES string of the molecule is CN(C)CC(=O)N(C)c1cccc(N)c1. The van der Waals surface area contributed by atoms with Crippen molar-refractivity contribution in [3.8, 4) is 0 Å². The van der Waals surface area contributed by atoms with Crippen molar-refractivity contribution < 1.29 is 4.79 Å². The number of hydrogen-bond acceptors (Lipinski definition) is 3. The van der Waals surface area contributed by atoms with Gasteiger partial charge in [-0.3, -0.25) is 4.79 Å². The Morgan fingerprint density at radius 3 is 2.53 bits per heavy atom. The summed E-state index contributed by atoms with van der Waals surface area (Å²) in [5, 5.41) is 0. The number of likely N-dealkylation sites (N-methyl/N-ethyl adjacent to an activating group) is 2. The molecule has 15 heavy (non-hydrogen) atoms. The highest BCUT2D eigenvalue weighted by Crippen LogP contribution is 2.15. The summed E-state index contributed by atoms with van der Waals surface area (Å²) in [7, 11) is 5.48. The van der Waals surface area contributed by atoms with Crippen molar-refractivity contribution in [2.75, 3.05) is 38.3 Å². The topological polar surface area (TPSA) is 49.6 Å². The number of benzene rings is 1. The van der Waals surface area contributed by atoms with Gasteiger partial charge in [-0.2, -0.15) is 0 Å². The Kier molecular flexibility index (Phi) is 3.68. The van der Waals surface area contributed by atoms with Gasteiger partial charge >= 0.3 is 0 Å². The summed E-state index contributed by atoms with van der Waals surface area (Å²) in [5.74, 6) is 0.0469. The van der Waals surface area contributed by atoms with Crippen LogP contribution in [0.15, 0.2) is 24.3 Å². The van der Waals surface area contributed by atoms with E-state index in [0.717, 1.165) is 5.69 Å². The van der Waals surface area contributed by atoms with E-state index in [1.807, 2.05) is 31.1 Å². The summed E-state index contributed by atoms with van der Waals surface area (Å²) >= 11 is 0. The van der Waals surface area contributed by atoms with Gasteiger partial charge in [0.2, 0.25) is 5.91 Å². The maximum Gasteiger partial charge on any atom is 0.240 e. The fourth-order valence-corrected chi connectivity index (χ4v) is 1.25. The average Bonchev–Trinajstić information content (AvgIpc) is 2.15. The summed E-state index contributed by atoms with van der Waals surface area (Å²) in [6, 6.07) is 7.29. The molecule has 0 saturated heterocycles. The number of anilines is 2. The maximum atomic E-state index is 11.7. The number of nitrogens with zero attached hydrogens (tertiary/aromatic N) is 2. The van der Waals surface area contributed by atoms with E-state index in [1.54, 1.807) is 24.1 Å². The highest BCUT2D eigenvalue weighted by Gasteiger charge is 2.11. The molecule has 0 heterocycles. The Labute approximate surface area is 90.3 Å². The normalized spacial score (nSPS) is 10.4. The monoisotopic (exact) mass is 207 g/mol. The lowest BCUT2D eigenvalue weighted by atomic mass is 10.2. The molecule has 0 unspecified atom stereocenters. The zero-order chi connectivity index (χ0) is 11.4. The minimum absolute atomic E-state index is 0.0469. The van der Waals surface area contributed by atoms with E-state index in [4.69, 9.17) is 5.73 Å². The fraction of sp³-hybridized carbons (Fsp3) is 0.364. The van der Waals surface area contributed by atoms with Gasteiger partial charge in [-0.25, -0.2) is 0 Å². The first-order chi connectivity index (χ1) is 7.00. The van der Waals surface area contributed by atoms with E-state index in [2.05, 4.69) is 0 Å². The molecule has 2 N–H and O–H groups in total. The van der Waals surface area contributed by atoms with Gasteiger partial charge in [-0.05, 0) is 32.3 Å². The highest BCUT2D eigenvalue weighted by atomic mass is 16.2. The number of nitrogens with two attached hydrogens (primary N) is 1. The lowest BCUT2D eigenvalue weighted by molar-refractivity contribution is -0.118. The molecule has 0 atom stereocenters. The first-order valence-corrected chi connectivity index (χ1v) is 4.77. The molecular formula is C11H17N3O. The average molecular weight is 207 g/mol. The van der Waals surface area contributed by atoms with Crippen LogP contribution in [0.1, 0.15) is 0 Å². The predicted octanol–water partition coefficient (Wildman–Crippen LogP) is 0.793. The number of nitrogen functional groups attached to an aromatic ring is 1. The van der Waals surface area contributed by atoms with Crippen LogP contribution in [0.2, 0.25) is 0 Å². The van der Waals surface area contributed by atoms with Crippen LogP contribution in [0.5, 0.6) is 0 Å². The summed E-state index contributed by atoms with van der Waals surface area (Å²) in [4.78, 5) is 15.2. The third-order valence-corrected chi connectivity index (χ3v) is 2.08. The Balaban J connectivity index is 2.76. The third kappa shape index (κ3) is 3.25. The van der Waals surface area contributed by atoms with Gasteiger partial charge in [-0.15, -0.1) is 0 Å². The van der Waals surface area contributed by atoms with Gasteiger partial charge in [0.15, 0.2) is 0 Å². The van der Waals surface area contributed by atoms with Crippen molar-refractivity contribution in [1.82, 2.24) is 4.90 Å². The van der Waals surface area contributed by atoms with E-state index >= 15 is 0 Å². The first kappa shape index (κ1) is 11.5. The Bertz CT molecular complexity index is 349. The second-order valence-electron chi connectivity index (χ2n) is 3.79. The van der Waals surface area contributed by atoms with Gasteiger partial charge in [0.25, 0.3) is 0 Å². The van der Waals surface area contributed by atoms with E-state index in [0.29, 0.717) is 12.2 Å². The van der Waals surface area contributed by atoms with Crippen molar-refractivity contribution in [1.29, 1.82) is 0 Å². The van der Waals surface area contributed by atoms with E-state index < -0.39 is 0 Å². The number of carbonyl (C=O) groups is 1. The Hall–Kier alpha value is -1.55. The molecule has 1 aromatic carbocycles. The quantitative estimate of drug-likeness (QED) is 0.746. The maximum absolute atomic E-state index is 11.7. The molecule has 0 aliphatic carbocycles. The van der Waals surface area contributed by atoms with Crippen LogP contribution >= 0.6 is 0 Å². The standard InChI is InChI=1S/C11H17N3O/c1-13(2)8-11(15)14(3)10-6-4-5-9(12)7-10/h4-7H,8,12H2,1-3H3. The molecule has 1 rings (SSSR count). The molecule has 82 valence electrons. The van der Waals surface area contributed by atoms with Gasteiger partial charge in [0.05, 0.1) is 6.54 Å². The van der Waals surface area contributed by atoms with Crippen molar-refractivity contribution >= 4 is 17.3 Å². The van der Waals surface area contributed by atoms with Crippen LogP contribution in [0, 0.1) is 0 Å². The van der Waals surface area contributed by atoms with Crippen LogP contribution in [0.3, 0.4) is 0 Å². The smallest absolute Gasteiger partial charge is 0.240 e.